The third-order valence-corrected chi connectivity index (χ3v) is 7.59. The van der Waals surface area contributed by atoms with E-state index >= 15 is 0 Å². The molecule has 1 saturated heterocycles. The van der Waals surface area contributed by atoms with Gasteiger partial charge in [-0.15, -0.1) is 0 Å². The summed E-state index contributed by atoms with van der Waals surface area (Å²) in [5, 5.41) is 2.79. The van der Waals surface area contributed by atoms with Gasteiger partial charge in [-0.3, -0.25) is 14.5 Å². The maximum absolute atomic E-state index is 14.0. The molecule has 12 heteroatoms. The summed E-state index contributed by atoms with van der Waals surface area (Å²) in [6.45, 7) is 5.45. The minimum atomic E-state index is -4.61. The lowest BCUT2D eigenvalue weighted by Crippen LogP contribution is -2.45. The molecular formula is C30H39F5N4O3. The maximum Gasteiger partial charge on any atom is 0.418 e. The molecule has 2 aliphatic rings. The lowest BCUT2D eigenvalue weighted by molar-refractivity contribution is -0.155. The Balaban J connectivity index is 1.59. The molecule has 2 aromatic rings. The highest BCUT2D eigenvalue weighted by atomic mass is 19.4. The third-order valence-electron chi connectivity index (χ3n) is 7.59. The Morgan fingerprint density at radius 1 is 1.12 bits per heavy atom. The average molecular weight is 599 g/mol. The number of esters is 1. The van der Waals surface area contributed by atoms with Crippen molar-refractivity contribution in [3.63, 3.8) is 0 Å². The number of para-hydroxylation sites is 1. The normalized spacial score (nSPS) is 19.0. The van der Waals surface area contributed by atoms with Crippen molar-refractivity contribution in [3.05, 3.63) is 47.5 Å². The minimum absolute atomic E-state index is 0.0763. The van der Waals surface area contributed by atoms with Crippen LogP contribution in [0.4, 0.5) is 22.0 Å². The van der Waals surface area contributed by atoms with E-state index < -0.39 is 47.7 Å². The molecule has 0 bridgehead atoms. The van der Waals surface area contributed by atoms with Crippen LogP contribution in [-0.2, 0) is 15.7 Å². The number of ether oxygens (including phenoxy) is 1. The van der Waals surface area contributed by atoms with Crippen LogP contribution in [0.3, 0.4) is 0 Å². The standard InChI is InChI=1S/C30H39F5N4O3/c1-28(2,3)42-25(40)17-21(13-16-38-15-8-14-29(31,32)19-38)36-27(41)23-18-39(26(37-23)20-9-4-5-10-20)24-12-7-6-11-22(24)30(33,34)35/h6-7,11-12,18,20-21H,4-5,8-10,13-17,19H2,1-3H3,(H,36,41)/t21-/m0/s1. The molecule has 1 aromatic heterocycles. The monoisotopic (exact) mass is 598 g/mol. The highest BCUT2D eigenvalue weighted by Crippen LogP contribution is 2.38. The first-order chi connectivity index (χ1) is 19.6. The van der Waals surface area contributed by atoms with Gasteiger partial charge < -0.3 is 14.6 Å². The van der Waals surface area contributed by atoms with E-state index in [2.05, 4.69) is 10.3 Å². The zero-order valence-corrected chi connectivity index (χ0v) is 24.3. The summed E-state index contributed by atoms with van der Waals surface area (Å²) in [6, 6.07) is 4.40. The summed E-state index contributed by atoms with van der Waals surface area (Å²) in [4.78, 5) is 32.3. The van der Waals surface area contributed by atoms with E-state index in [0.29, 0.717) is 18.8 Å². The summed E-state index contributed by atoms with van der Waals surface area (Å²) in [7, 11) is 0. The SMILES string of the molecule is CC(C)(C)OC(=O)C[C@H](CCN1CCCC(F)(F)C1)NC(=O)c1cn(-c2ccccc2C(F)(F)F)c(C2CCCC2)n1. The van der Waals surface area contributed by atoms with Gasteiger partial charge in [0.05, 0.1) is 24.2 Å². The van der Waals surface area contributed by atoms with E-state index in [1.807, 2.05) is 0 Å². The molecule has 2 fully saturated rings. The van der Waals surface area contributed by atoms with Gasteiger partial charge in [0.1, 0.15) is 17.1 Å². The molecule has 0 radical (unpaired) electrons. The Bertz CT molecular complexity index is 1250. The zero-order valence-electron chi connectivity index (χ0n) is 24.3. The highest BCUT2D eigenvalue weighted by Gasteiger charge is 2.37. The number of hydrogen-bond acceptors (Lipinski definition) is 5. The Morgan fingerprint density at radius 2 is 1.81 bits per heavy atom. The summed E-state index contributed by atoms with van der Waals surface area (Å²) in [5.41, 5.74) is -1.79. The van der Waals surface area contributed by atoms with Crippen molar-refractivity contribution < 1.29 is 36.3 Å². The summed E-state index contributed by atoms with van der Waals surface area (Å²) < 4.78 is 76.4. The van der Waals surface area contributed by atoms with Gasteiger partial charge in [0.25, 0.3) is 11.8 Å². The number of nitrogens with one attached hydrogen (secondary N) is 1. The van der Waals surface area contributed by atoms with Gasteiger partial charge in [0, 0.05) is 31.1 Å². The van der Waals surface area contributed by atoms with Crippen molar-refractivity contribution in [2.45, 2.75) is 102 Å². The molecule has 1 aromatic carbocycles. The van der Waals surface area contributed by atoms with Crippen LogP contribution in [0.25, 0.3) is 5.69 Å². The van der Waals surface area contributed by atoms with E-state index in [4.69, 9.17) is 4.74 Å². The number of aromatic nitrogens is 2. The molecule has 2 heterocycles. The Hall–Kier alpha value is -3.02. The van der Waals surface area contributed by atoms with Crippen LogP contribution in [0, 0.1) is 0 Å². The fraction of sp³-hybridized carbons (Fsp3) is 0.633. The van der Waals surface area contributed by atoms with Crippen LogP contribution in [0.15, 0.2) is 30.5 Å². The number of amides is 1. The average Bonchev–Trinajstić information content (AvgIpc) is 3.55. The van der Waals surface area contributed by atoms with Crippen LogP contribution in [0.1, 0.15) is 99.9 Å². The quantitative estimate of drug-likeness (QED) is 0.264. The van der Waals surface area contributed by atoms with Crippen LogP contribution < -0.4 is 5.32 Å². The lowest BCUT2D eigenvalue weighted by atomic mass is 10.0. The van der Waals surface area contributed by atoms with E-state index in [1.165, 1.54) is 29.0 Å². The number of hydrogen-bond donors (Lipinski definition) is 1. The van der Waals surface area contributed by atoms with Gasteiger partial charge in [-0.1, -0.05) is 25.0 Å². The summed E-state index contributed by atoms with van der Waals surface area (Å²) in [5.74, 6) is -3.74. The zero-order chi connectivity index (χ0) is 30.7. The number of carbonyl (C=O) groups excluding carboxylic acids is 2. The van der Waals surface area contributed by atoms with Crippen molar-refractivity contribution in [1.29, 1.82) is 0 Å². The molecule has 7 nitrogen and oxygen atoms in total. The van der Waals surface area contributed by atoms with Crippen LogP contribution in [-0.4, -0.2) is 63.5 Å². The second-order valence-corrected chi connectivity index (χ2v) is 12.3. The van der Waals surface area contributed by atoms with Gasteiger partial charge in [-0.2, -0.15) is 13.2 Å². The van der Waals surface area contributed by atoms with Crippen molar-refractivity contribution in [3.8, 4) is 5.69 Å². The van der Waals surface area contributed by atoms with Gasteiger partial charge >= 0.3 is 12.1 Å². The molecule has 4 rings (SSSR count). The largest absolute Gasteiger partial charge is 0.460 e. The number of rotatable bonds is 9. The van der Waals surface area contributed by atoms with Gasteiger partial charge in [0.2, 0.25) is 0 Å². The number of likely N-dealkylation sites (tertiary alicyclic amines) is 1. The number of piperidine rings is 1. The minimum Gasteiger partial charge on any atom is -0.460 e. The van der Waals surface area contributed by atoms with Crippen molar-refractivity contribution in [2.75, 3.05) is 19.6 Å². The van der Waals surface area contributed by atoms with Crippen LogP contribution in [0.2, 0.25) is 0 Å². The second kappa shape index (κ2) is 12.7. The number of halogens is 5. The molecule has 1 aliphatic carbocycles. The van der Waals surface area contributed by atoms with Crippen molar-refractivity contribution in [1.82, 2.24) is 19.8 Å². The van der Waals surface area contributed by atoms with E-state index in [-0.39, 0.29) is 43.1 Å². The molecule has 0 unspecified atom stereocenters. The van der Waals surface area contributed by atoms with E-state index in [9.17, 15) is 31.5 Å². The van der Waals surface area contributed by atoms with E-state index in [1.54, 1.807) is 25.7 Å². The number of benzene rings is 1. The Kier molecular flexibility index (Phi) is 9.64. The smallest absolute Gasteiger partial charge is 0.418 e. The maximum atomic E-state index is 14.0. The molecule has 1 atom stereocenters. The first-order valence-electron chi connectivity index (χ1n) is 14.5. The van der Waals surface area contributed by atoms with Crippen molar-refractivity contribution in [2.24, 2.45) is 0 Å². The van der Waals surface area contributed by atoms with Gasteiger partial charge in [-0.05, 0) is 65.1 Å². The Morgan fingerprint density at radius 3 is 2.45 bits per heavy atom. The third kappa shape index (κ3) is 8.52. The first-order valence-corrected chi connectivity index (χ1v) is 14.5. The molecule has 1 aliphatic heterocycles. The van der Waals surface area contributed by atoms with Crippen LogP contribution in [0.5, 0.6) is 0 Å². The summed E-state index contributed by atoms with van der Waals surface area (Å²) in [6.07, 6.45) is 0.183. The van der Waals surface area contributed by atoms with Crippen molar-refractivity contribution >= 4 is 11.9 Å². The summed E-state index contributed by atoms with van der Waals surface area (Å²) >= 11 is 0. The number of alkyl halides is 5. The predicted octanol–water partition coefficient (Wildman–Crippen LogP) is 6.50. The molecule has 42 heavy (non-hydrogen) atoms. The fourth-order valence-corrected chi connectivity index (χ4v) is 5.74. The second-order valence-electron chi connectivity index (χ2n) is 12.3. The number of imidazole rings is 1. The highest BCUT2D eigenvalue weighted by molar-refractivity contribution is 5.92. The number of carbonyl (C=O) groups is 2. The first kappa shape index (κ1) is 31.9. The molecule has 1 N–H and O–H groups in total. The predicted molar refractivity (Wildman–Crippen MR) is 147 cm³/mol. The van der Waals surface area contributed by atoms with E-state index in [0.717, 1.165) is 31.7 Å². The topological polar surface area (TPSA) is 76.5 Å². The number of nitrogens with zero attached hydrogens (tertiary/aromatic N) is 3. The molecular weight excluding hydrogens is 559 g/mol. The van der Waals surface area contributed by atoms with Gasteiger partial charge in [0.15, 0.2) is 0 Å². The van der Waals surface area contributed by atoms with Crippen LogP contribution >= 0.6 is 0 Å². The molecule has 1 saturated carbocycles. The lowest BCUT2D eigenvalue weighted by Gasteiger charge is -2.33. The molecule has 232 valence electrons. The molecule has 0 spiro atoms. The fourth-order valence-electron chi connectivity index (χ4n) is 5.74. The molecule has 1 amide bonds. The Labute approximate surface area is 242 Å². The van der Waals surface area contributed by atoms with Gasteiger partial charge in [-0.25, -0.2) is 13.8 Å².